The highest BCUT2D eigenvalue weighted by atomic mass is 16.2. The predicted octanol–water partition coefficient (Wildman–Crippen LogP) is 0.352. The number of nitrogens with two attached hydrogens (primary N) is 1. The minimum atomic E-state index is 0.301. The molecule has 5 nitrogen and oxygen atoms in total. The first-order valence-corrected chi connectivity index (χ1v) is 8.06. The Hall–Kier alpha value is -0.650. The summed E-state index contributed by atoms with van der Waals surface area (Å²) < 4.78 is 0. The Morgan fingerprint density at radius 1 is 1.15 bits per heavy atom. The molecule has 1 amide bonds. The van der Waals surface area contributed by atoms with Gasteiger partial charge in [-0.25, -0.2) is 0 Å². The molecule has 2 rings (SSSR count). The first kappa shape index (κ1) is 15.7. The molecule has 0 radical (unpaired) electrons. The summed E-state index contributed by atoms with van der Waals surface area (Å²) in [5.41, 5.74) is 5.97. The Labute approximate surface area is 123 Å². The van der Waals surface area contributed by atoms with Gasteiger partial charge in [0.05, 0.1) is 6.54 Å². The number of hydrogen-bond donors (Lipinski definition) is 1. The summed E-state index contributed by atoms with van der Waals surface area (Å²) in [6, 6.07) is 0.925. The average molecular weight is 282 g/mol. The number of nitrogens with zero attached hydrogens (tertiary/aromatic N) is 3. The van der Waals surface area contributed by atoms with Crippen LogP contribution in [0.5, 0.6) is 0 Å². The van der Waals surface area contributed by atoms with E-state index in [2.05, 4.69) is 23.8 Å². The van der Waals surface area contributed by atoms with Crippen molar-refractivity contribution in [2.75, 3.05) is 46.3 Å². The highest BCUT2D eigenvalue weighted by Crippen LogP contribution is 2.22. The van der Waals surface area contributed by atoms with E-state index in [0.717, 1.165) is 58.4 Å². The lowest BCUT2D eigenvalue weighted by Gasteiger charge is -2.37. The van der Waals surface area contributed by atoms with Crippen molar-refractivity contribution in [2.45, 2.75) is 44.7 Å². The zero-order valence-electron chi connectivity index (χ0n) is 13.1. The van der Waals surface area contributed by atoms with Gasteiger partial charge in [-0.15, -0.1) is 0 Å². The van der Waals surface area contributed by atoms with Crippen molar-refractivity contribution in [3.63, 3.8) is 0 Å². The molecule has 5 heteroatoms. The lowest BCUT2D eigenvalue weighted by molar-refractivity contribution is -0.134. The topological polar surface area (TPSA) is 52.8 Å². The Morgan fingerprint density at radius 3 is 2.30 bits per heavy atom. The third-order valence-corrected chi connectivity index (χ3v) is 4.86. The van der Waals surface area contributed by atoms with Gasteiger partial charge in [0.2, 0.25) is 5.91 Å². The summed E-state index contributed by atoms with van der Waals surface area (Å²) in [7, 11) is 2.12. The molecule has 0 bridgehead atoms. The average Bonchev–Trinajstić information content (AvgIpc) is 2.46. The summed E-state index contributed by atoms with van der Waals surface area (Å²) >= 11 is 0. The molecule has 1 aliphatic heterocycles. The molecule has 116 valence electrons. The lowest BCUT2D eigenvalue weighted by atomic mass is 9.90. The molecule has 0 atom stereocenters. The van der Waals surface area contributed by atoms with Gasteiger partial charge in [-0.05, 0) is 39.3 Å². The molecule has 0 unspecified atom stereocenters. The number of likely N-dealkylation sites (N-methyl/N-ethyl adjacent to an activating group) is 2. The number of hydrogen-bond acceptors (Lipinski definition) is 4. The van der Waals surface area contributed by atoms with Gasteiger partial charge >= 0.3 is 0 Å². The maximum atomic E-state index is 12.4. The molecule has 1 saturated heterocycles. The van der Waals surface area contributed by atoms with Crippen molar-refractivity contribution < 1.29 is 4.79 Å². The first-order valence-electron chi connectivity index (χ1n) is 8.06. The second-order valence-electron chi connectivity index (χ2n) is 6.32. The maximum absolute atomic E-state index is 12.4. The number of carbonyl (C=O) groups is 1. The molecule has 2 fully saturated rings. The summed E-state index contributed by atoms with van der Waals surface area (Å²) in [4.78, 5) is 19.1. The van der Waals surface area contributed by atoms with E-state index >= 15 is 0 Å². The molecule has 1 saturated carbocycles. The monoisotopic (exact) mass is 282 g/mol. The molecule has 20 heavy (non-hydrogen) atoms. The van der Waals surface area contributed by atoms with Gasteiger partial charge < -0.3 is 15.5 Å². The van der Waals surface area contributed by atoms with Gasteiger partial charge in [0, 0.05) is 38.3 Å². The second kappa shape index (κ2) is 7.38. The van der Waals surface area contributed by atoms with E-state index in [-0.39, 0.29) is 0 Å². The molecule has 0 aromatic heterocycles. The van der Waals surface area contributed by atoms with Crippen LogP contribution in [-0.2, 0) is 4.79 Å². The highest BCUT2D eigenvalue weighted by Gasteiger charge is 2.27. The van der Waals surface area contributed by atoms with Gasteiger partial charge in [0.1, 0.15) is 0 Å². The van der Waals surface area contributed by atoms with Crippen LogP contribution in [0.15, 0.2) is 0 Å². The fourth-order valence-corrected chi connectivity index (χ4v) is 3.30. The molecule has 0 aromatic carbocycles. The highest BCUT2D eigenvalue weighted by molar-refractivity contribution is 5.78. The minimum absolute atomic E-state index is 0.301. The summed E-state index contributed by atoms with van der Waals surface area (Å²) in [6.45, 7) is 7.45. The number of piperazine rings is 1. The molecule has 2 aliphatic rings. The number of carbonyl (C=O) groups excluding carboxylic acids is 1. The molecule has 1 heterocycles. The van der Waals surface area contributed by atoms with E-state index in [4.69, 9.17) is 5.73 Å². The van der Waals surface area contributed by atoms with E-state index < -0.39 is 0 Å². The summed E-state index contributed by atoms with van der Waals surface area (Å²) in [6.07, 6.45) is 4.49. The Balaban J connectivity index is 1.81. The Morgan fingerprint density at radius 2 is 1.75 bits per heavy atom. The van der Waals surface area contributed by atoms with Crippen LogP contribution in [0.4, 0.5) is 0 Å². The molecule has 1 aliphatic carbocycles. The fourth-order valence-electron chi connectivity index (χ4n) is 3.30. The third kappa shape index (κ3) is 4.17. The summed E-state index contributed by atoms with van der Waals surface area (Å²) in [5.74, 6) is 0.301. The van der Waals surface area contributed by atoms with Crippen molar-refractivity contribution >= 4 is 5.91 Å². The van der Waals surface area contributed by atoms with Crippen molar-refractivity contribution in [2.24, 2.45) is 5.73 Å². The third-order valence-electron chi connectivity index (χ3n) is 4.86. The zero-order valence-corrected chi connectivity index (χ0v) is 13.1. The van der Waals surface area contributed by atoms with E-state index in [1.807, 2.05) is 4.90 Å². The first-order chi connectivity index (χ1) is 9.60. The van der Waals surface area contributed by atoms with Crippen molar-refractivity contribution in [1.29, 1.82) is 0 Å². The van der Waals surface area contributed by atoms with Crippen LogP contribution in [0.2, 0.25) is 0 Å². The maximum Gasteiger partial charge on any atom is 0.236 e. The second-order valence-corrected chi connectivity index (χ2v) is 6.32. The largest absolute Gasteiger partial charge is 0.339 e. The van der Waals surface area contributed by atoms with E-state index in [1.165, 1.54) is 0 Å². The van der Waals surface area contributed by atoms with Crippen LogP contribution >= 0.6 is 0 Å². The number of amides is 1. The van der Waals surface area contributed by atoms with Crippen LogP contribution in [0.3, 0.4) is 0 Å². The molecular formula is C15H30N4O. The minimum Gasteiger partial charge on any atom is -0.339 e. The van der Waals surface area contributed by atoms with E-state index in [9.17, 15) is 4.79 Å². The fraction of sp³-hybridized carbons (Fsp3) is 0.933. The van der Waals surface area contributed by atoms with Gasteiger partial charge in [-0.2, -0.15) is 0 Å². The van der Waals surface area contributed by atoms with Gasteiger partial charge in [-0.1, -0.05) is 6.92 Å². The molecule has 0 spiro atoms. The standard InChI is InChI=1S/C15H30N4O/c1-3-18(14-6-4-13(16)5-7-14)12-15(20)19-10-8-17(2)9-11-19/h13-14H,3-12,16H2,1-2H3. The molecule has 0 aromatic rings. The zero-order chi connectivity index (χ0) is 14.5. The van der Waals surface area contributed by atoms with Gasteiger partial charge in [-0.3, -0.25) is 9.69 Å². The number of rotatable bonds is 4. The van der Waals surface area contributed by atoms with E-state index in [1.54, 1.807) is 0 Å². The predicted molar refractivity (Wildman–Crippen MR) is 81.6 cm³/mol. The van der Waals surface area contributed by atoms with Gasteiger partial charge in [0.25, 0.3) is 0 Å². The van der Waals surface area contributed by atoms with Crippen LogP contribution < -0.4 is 5.73 Å². The lowest BCUT2D eigenvalue weighted by Crippen LogP contribution is -2.51. The van der Waals surface area contributed by atoms with Crippen molar-refractivity contribution in [1.82, 2.24) is 14.7 Å². The van der Waals surface area contributed by atoms with E-state index in [0.29, 0.717) is 24.5 Å². The molecular weight excluding hydrogens is 252 g/mol. The van der Waals surface area contributed by atoms with Crippen LogP contribution in [0.25, 0.3) is 0 Å². The Bertz CT molecular complexity index is 307. The van der Waals surface area contributed by atoms with Crippen molar-refractivity contribution in [3.05, 3.63) is 0 Å². The quantitative estimate of drug-likeness (QED) is 0.808. The van der Waals surface area contributed by atoms with Crippen molar-refractivity contribution in [3.8, 4) is 0 Å². The smallest absolute Gasteiger partial charge is 0.236 e. The SMILES string of the molecule is CCN(CC(=O)N1CCN(C)CC1)C1CCC(N)CC1. The van der Waals surface area contributed by atoms with Crippen LogP contribution in [0.1, 0.15) is 32.6 Å². The van der Waals surface area contributed by atoms with Gasteiger partial charge in [0.15, 0.2) is 0 Å². The molecule has 2 N–H and O–H groups in total. The normalized spacial score (nSPS) is 28.9. The Kier molecular flexibility index (Phi) is 5.81. The summed E-state index contributed by atoms with van der Waals surface area (Å²) in [5, 5.41) is 0. The van der Waals surface area contributed by atoms with Crippen LogP contribution in [0, 0.1) is 0 Å². The van der Waals surface area contributed by atoms with Crippen LogP contribution in [-0.4, -0.2) is 79.0 Å².